The fraction of sp³-hybridized carbons (Fsp3) is 0.419. The maximum Gasteiger partial charge on any atom is 0.252 e. The number of imide groups is 1. The van der Waals surface area contributed by atoms with Crippen molar-refractivity contribution < 1.29 is 47.8 Å². The lowest BCUT2D eigenvalue weighted by atomic mass is 9.98. The molecule has 16 heteroatoms. The molecule has 7 rings (SSSR count). The van der Waals surface area contributed by atoms with Crippen LogP contribution in [0.15, 0.2) is 66.7 Å². The van der Waals surface area contributed by atoms with Crippen LogP contribution in [-0.2, 0) is 52.8 Å². The van der Waals surface area contributed by atoms with Crippen LogP contribution in [0.25, 0.3) is 0 Å². The highest BCUT2D eigenvalue weighted by Gasteiger charge is 2.46. The van der Waals surface area contributed by atoms with Gasteiger partial charge < -0.3 is 39.5 Å². The van der Waals surface area contributed by atoms with Crippen LogP contribution in [0, 0.1) is 0 Å². The number of ether oxygens (including phenoxy) is 3. The standard InChI is InChI=1S/C43H50N6O10/c1-24-40(53)48(5)34-21-27-10-15-30(16-11-27)59-36-23-28(12-18-35(36)58-7)22-33(47(4)43(34)56)39(52)45-25(2)41(54)49-31(17-19-37(49)50)42(55)46(3)32(38(51)44-24)20-26-8-13-29(57-6)14-9-26/h8-16,18,23-25,31-34H,17,19-22H2,1-7H3,(H,44,51)(H,45,52)/t24-,25+,31+,32+,33+,34+/m0/s1. The molecule has 0 aromatic heterocycles. The summed E-state index contributed by atoms with van der Waals surface area (Å²) in [6.07, 6.45) is -0.126. The maximum atomic E-state index is 14.8. The van der Waals surface area contributed by atoms with Crippen molar-refractivity contribution in [2.45, 2.75) is 82.2 Å². The van der Waals surface area contributed by atoms with Crippen molar-refractivity contribution in [2.75, 3.05) is 35.4 Å². The van der Waals surface area contributed by atoms with Gasteiger partial charge >= 0.3 is 0 Å². The fourth-order valence-electron chi connectivity index (χ4n) is 7.76. The molecule has 0 radical (unpaired) electrons. The van der Waals surface area contributed by atoms with E-state index in [4.69, 9.17) is 14.2 Å². The van der Waals surface area contributed by atoms with E-state index in [2.05, 4.69) is 10.6 Å². The molecule has 7 amide bonds. The Kier molecular flexibility index (Phi) is 12.6. The molecule has 6 atom stereocenters. The minimum atomic E-state index is -1.31. The molecule has 6 bridgehead atoms. The zero-order chi connectivity index (χ0) is 42.7. The number of rotatable bonds is 4. The minimum Gasteiger partial charge on any atom is -0.497 e. The number of likely N-dealkylation sites (N-methyl/N-ethyl adjacent to an activating group) is 3. The highest BCUT2D eigenvalue weighted by atomic mass is 16.5. The number of nitrogens with one attached hydrogen (secondary N) is 2. The summed E-state index contributed by atoms with van der Waals surface area (Å²) in [6, 6.07) is 11.7. The lowest BCUT2D eigenvalue weighted by Gasteiger charge is -2.37. The third-order valence-electron chi connectivity index (χ3n) is 11.4. The summed E-state index contributed by atoms with van der Waals surface area (Å²) >= 11 is 0. The molecule has 4 aliphatic heterocycles. The quantitative estimate of drug-likeness (QED) is 0.369. The van der Waals surface area contributed by atoms with Gasteiger partial charge in [-0.05, 0) is 73.4 Å². The van der Waals surface area contributed by atoms with E-state index in [-0.39, 0.29) is 32.1 Å². The molecule has 0 spiro atoms. The summed E-state index contributed by atoms with van der Waals surface area (Å²) in [7, 11) is 7.34. The average Bonchev–Trinajstić information content (AvgIpc) is 3.62. The number of hydrogen-bond donors (Lipinski definition) is 2. The van der Waals surface area contributed by atoms with Gasteiger partial charge in [-0.3, -0.25) is 38.5 Å². The van der Waals surface area contributed by atoms with Crippen LogP contribution < -0.4 is 24.8 Å². The number of nitrogens with zero attached hydrogens (tertiary/aromatic N) is 4. The lowest BCUT2D eigenvalue weighted by molar-refractivity contribution is -0.154. The third kappa shape index (κ3) is 8.86. The highest BCUT2D eigenvalue weighted by Crippen LogP contribution is 2.34. The van der Waals surface area contributed by atoms with E-state index in [1.54, 1.807) is 66.7 Å². The van der Waals surface area contributed by atoms with Gasteiger partial charge in [0.05, 0.1) is 14.2 Å². The van der Waals surface area contributed by atoms with E-state index in [0.29, 0.717) is 39.7 Å². The summed E-state index contributed by atoms with van der Waals surface area (Å²) in [4.78, 5) is 104. The van der Waals surface area contributed by atoms with Gasteiger partial charge in [0.2, 0.25) is 35.4 Å². The van der Waals surface area contributed by atoms with Crippen molar-refractivity contribution >= 4 is 41.4 Å². The Hall–Kier alpha value is -6.45. The molecule has 3 aromatic rings. The topological polar surface area (TPSA) is 184 Å². The van der Waals surface area contributed by atoms with Gasteiger partial charge in [-0.15, -0.1) is 0 Å². The number of benzene rings is 3. The Bertz CT molecular complexity index is 2130. The van der Waals surface area contributed by atoms with Gasteiger partial charge in [0, 0.05) is 46.8 Å². The van der Waals surface area contributed by atoms with Gasteiger partial charge in [-0.2, -0.15) is 0 Å². The normalized spacial score (nSPS) is 24.8. The molecule has 0 unspecified atom stereocenters. The van der Waals surface area contributed by atoms with E-state index >= 15 is 0 Å². The minimum absolute atomic E-state index is 0.00335. The number of carbonyl (C=O) groups is 7. The van der Waals surface area contributed by atoms with Gasteiger partial charge in [-0.25, -0.2) is 0 Å². The van der Waals surface area contributed by atoms with Crippen LogP contribution in [0.4, 0.5) is 0 Å². The van der Waals surface area contributed by atoms with Crippen molar-refractivity contribution in [3.63, 3.8) is 0 Å². The Morgan fingerprint density at radius 2 is 1.24 bits per heavy atom. The number of fused-ring (bicyclic) bond motifs is 3. The van der Waals surface area contributed by atoms with Crippen molar-refractivity contribution in [1.82, 2.24) is 30.2 Å². The summed E-state index contributed by atoms with van der Waals surface area (Å²) in [5.74, 6) is -2.79. The van der Waals surface area contributed by atoms with Crippen LogP contribution in [0.3, 0.4) is 0 Å². The first-order valence-corrected chi connectivity index (χ1v) is 19.4. The molecule has 4 heterocycles. The first kappa shape index (κ1) is 42.2. The molecule has 2 N–H and O–H groups in total. The number of methoxy groups -OCH3 is 2. The molecular weight excluding hydrogens is 761 g/mol. The number of hydrogen-bond acceptors (Lipinski definition) is 10. The van der Waals surface area contributed by atoms with Crippen LogP contribution in [0.2, 0.25) is 0 Å². The highest BCUT2D eigenvalue weighted by molar-refractivity contribution is 6.06. The predicted octanol–water partition coefficient (Wildman–Crippen LogP) is 1.86. The van der Waals surface area contributed by atoms with E-state index in [1.807, 2.05) is 0 Å². The molecule has 0 aliphatic carbocycles. The summed E-state index contributed by atoms with van der Waals surface area (Å²) < 4.78 is 17.0. The van der Waals surface area contributed by atoms with Gasteiger partial charge in [0.25, 0.3) is 5.91 Å². The molecule has 2 fully saturated rings. The zero-order valence-corrected chi connectivity index (χ0v) is 34.2. The van der Waals surface area contributed by atoms with E-state index in [9.17, 15) is 33.6 Å². The molecule has 59 heavy (non-hydrogen) atoms. The van der Waals surface area contributed by atoms with E-state index < -0.39 is 77.6 Å². The second-order valence-electron chi connectivity index (χ2n) is 15.2. The summed E-state index contributed by atoms with van der Waals surface area (Å²) in [6.45, 7) is 2.89. The van der Waals surface area contributed by atoms with Gasteiger partial charge in [0.15, 0.2) is 11.5 Å². The zero-order valence-electron chi connectivity index (χ0n) is 34.2. The van der Waals surface area contributed by atoms with E-state index in [0.717, 1.165) is 4.90 Å². The van der Waals surface area contributed by atoms with Crippen molar-refractivity contribution in [1.29, 1.82) is 0 Å². The summed E-state index contributed by atoms with van der Waals surface area (Å²) in [5.41, 5.74) is 1.92. The Morgan fingerprint density at radius 3 is 1.90 bits per heavy atom. The lowest BCUT2D eigenvalue weighted by Crippen LogP contribution is -2.62. The molecule has 2 saturated heterocycles. The molecule has 3 aromatic carbocycles. The maximum absolute atomic E-state index is 14.8. The largest absolute Gasteiger partial charge is 0.497 e. The Morgan fingerprint density at radius 1 is 0.644 bits per heavy atom. The Balaban J connectivity index is 1.44. The van der Waals surface area contributed by atoms with Gasteiger partial charge in [0.1, 0.15) is 47.8 Å². The average molecular weight is 811 g/mol. The monoisotopic (exact) mass is 810 g/mol. The molecule has 16 nitrogen and oxygen atoms in total. The molecule has 312 valence electrons. The van der Waals surface area contributed by atoms with Crippen molar-refractivity contribution in [3.8, 4) is 23.0 Å². The van der Waals surface area contributed by atoms with E-state index in [1.165, 1.54) is 63.9 Å². The second kappa shape index (κ2) is 17.6. The number of carbonyl (C=O) groups excluding carboxylic acids is 7. The SMILES string of the molecule is COc1ccc(C[C@@H]2C(=O)N[C@@H](C)C(=O)N(C)[C@@H]3Cc4ccc(cc4)Oc4cc(ccc4OC)C[C@H](C(=O)N[C@H](C)C(=O)N4C(=O)CC[C@@H]4C(=O)N2C)N(C)C3=O)cc1. The molecular formula is C43H50N6O10. The van der Waals surface area contributed by atoms with Crippen LogP contribution in [0.5, 0.6) is 23.0 Å². The third-order valence-corrected chi connectivity index (χ3v) is 11.4. The smallest absolute Gasteiger partial charge is 0.252 e. The number of amides is 7. The van der Waals surface area contributed by atoms with Crippen LogP contribution in [0.1, 0.15) is 43.4 Å². The van der Waals surface area contributed by atoms with Crippen LogP contribution >= 0.6 is 0 Å². The molecule has 4 aliphatic rings. The molecule has 0 saturated carbocycles. The first-order valence-electron chi connectivity index (χ1n) is 19.4. The van der Waals surface area contributed by atoms with Crippen molar-refractivity contribution in [2.24, 2.45) is 0 Å². The van der Waals surface area contributed by atoms with Gasteiger partial charge in [-0.1, -0.05) is 30.3 Å². The Labute approximate surface area is 342 Å². The van der Waals surface area contributed by atoms with Crippen LogP contribution in [-0.4, -0.2) is 133 Å². The first-order chi connectivity index (χ1) is 28.1. The van der Waals surface area contributed by atoms with Crippen molar-refractivity contribution in [3.05, 3.63) is 83.4 Å². The summed E-state index contributed by atoms with van der Waals surface area (Å²) in [5, 5.41) is 5.47. The predicted molar refractivity (Wildman–Crippen MR) is 213 cm³/mol. The second-order valence-corrected chi connectivity index (χ2v) is 15.2. The fourth-order valence-corrected chi connectivity index (χ4v) is 7.76.